The summed E-state index contributed by atoms with van der Waals surface area (Å²) in [5, 5.41) is 0. The molecule has 0 saturated carbocycles. The van der Waals surface area contributed by atoms with Gasteiger partial charge in [0.2, 0.25) is 0 Å². The molecule has 0 spiro atoms. The number of rotatable bonds is 35. The van der Waals surface area contributed by atoms with Crippen molar-refractivity contribution in [3.05, 3.63) is 0 Å². The highest BCUT2D eigenvalue weighted by atomic mass is 32.2. The first kappa shape index (κ1) is 97.6. The first-order valence-corrected chi connectivity index (χ1v) is 28.6. The highest BCUT2D eigenvalue weighted by Crippen LogP contribution is 1.98. The van der Waals surface area contributed by atoms with E-state index >= 15 is 0 Å². The minimum Gasteiger partial charge on any atom is -0.468 e. The van der Waals surface area contributed by atoms with E-state index in [1.807, 2.05) is 81.0 Å². The second-order valence-corrected chi connectivity index (χ2v) is 15.4. The van der Waals surface area contributed by atoms with E-state index in [9.17, 15) is 38.4 Å². The molecule has 0 saturated heterocycles. The molecule has 478 valence electrons. The van der Waals surface area contributed by atoms with Crippen LogP contribution < -0.4 is 0 Å². The standard InChI is InChI=1S/2C6H12O3.C6H12O2.3C5H10O3.C5H10O2S.C5H10O2.C5H12O2.C5H12OS/c1-3-8-5-6(7)9-4-2;1-3-6(7)9-5-8-4-2;1-3-6(7)5-8-4-2;1-3-8-4-5(6)7-2;1-3-8-5(6)4-7-2;1-3-5(6)8-4-7-2;1-3-8-4-5(6)7-2;1-3-5(6)4-7-2;2*1-3-6-5-7-4-2/h2*3-5H2,1-2H3;3-5H2,1-2H3;4*3-4H2,1-2H3;3-4H2,1-2H3;2*3-5H2,1-2H3. The second kappa shape index (κ2) is 99.8. The number of hydrogen-bond acceptors (Lipinski definition) is 26. The molecule has 0 amide bonds. The van der Waals surface area contributed by atoms with Crippen molar-refractivity contribution in [2.24, 2.45) is 0 Å². The van der Waals surface area contributed by atoms with Crippen molar-refractivity contribution in [1.29, 1.82) is 0 Å². The monoisotopic (exact) mass is 1190 g/mol. The van der Waals surface area contributed by atoms with Gasteiger partial charge in [-0.3, -0.25) is 24.0 Å². The lowest BCUT2D eigenvalue weighted by molar-refractivity contribution is -0.155. The van der Waals surface area contributed by atoms with Crippen LogP contribution in [0.4, 0.5) is 0 Å². The molecule has 0 aliphatic rings. The van der Waals surface area contributed by atoms with E-state index in [4.69, 9.17) is 33.2 Å². The van der Waals surface area contributed by atoms with E-state index in [2.05, 4.69) is 49.6 Å². The lowest BCUT2D eigenvalue weighted by Crippen LogP contribution is -2.11. The van der Waals surface area contributed by atoms with Crippen molar-refractivity contribution >= 4 is 70.9 Å². The molecule has 0 aromatic carbocycles. The molecule has 0 rings (SSSR count). The van der Waals surface area contributed by atoms with Crippen molar-refractivity contribution in [2.75, 3.05) is 172 Å². The Bertz CT molecular complexity index is 1130. The molecular formula is C53H110O24S2. The summed E-state index contributed by atoms with van der Waals surface area (Å²) < 4.78 is 74.2. The van der Waals surface area contributed by atoms with Gasteiger partial charge in [-0.25, -0.2) is 14.4 Å². The van der Waals surface area contributed by atoms with Crippen molar-refractivity contribution in [3.8, 4) is 0 Å². The number of methoxy groups -OCH3 is 5. The van der Waals surface area contributed by atoms with Crippen molar-refractivity contribution in [1.82, 2.24) is 0 Å². The molecule has 26 heteroatoms. The van der Waals surface area contributed by atoms with Crippen LogP contribution in [-0.2, 0) is 114 Å². The van der Waals surface area contributed by atoms with Crippen LogP contribution in [-0.4, -0.2) is 219 Å². The summed E-state index contributed by atoms with van der Waals surface area (Å²) in [6, 6.07) is 0. The van der Waals surface area contributed by atoms with E-state index in [0.717, 1.165) is 37.3 Å². The zero-order valence-corrected chi connectivity index (χ0v) is 53.9. The van der Waals surface area contributed by atoms with Gasteiger partial charge in [-0.05, 0) is 73.8 Å². The van der Waals surface area contributed by atoms with E-state index in [0.29, 0.717) is 77.9 Å². The van der Waals surface area contributed by atoms with Gasteiger partial charge in [-0.2, -0.15) is 11.8 Å². The Morgan fingerprint density at radius 2 is 0.658 bits per heavy atom. The number of carbonyl (C=O) groups is 8. The summed E-state index contributed by atoms with van der Waals surface area (Å²) in [5.74, 6) is 2.26. The van der Waals surface area contributed by atoms with Crippen LogP contribution in [0.3, 0.4) is 0 Å². The van der Waals surface area contributed by atoms with Crippen LogP contribution in [0.15, 0.2) is 0 Å². The van der Waals surface area contributed by atoms with Gasteiger partial charge in [0.15, 0.2) is 25.2 Å². The molecule has 0 N–H and O–H groups in total. The average molecular weight is 1200 g/mol. The van der Waals surface area contributed by atoms with Crippen LogP contribution in [0.1, 0.15) is 130 Å². The maximum Gasteiger partial charge on any atom is 0.332 e. The van der Waals surface area contributed by atoms with Gasteiger partial charge in [0, 0.05) is 93.3 Å². The summed E-state index contributed by atoms with van der Waals surface area (Å²) in [5.41, 5.74) is 0. The Hall–Kier alpha value is -3.54. The molecule has 0 radical (unpaired) electrons. The minimum absolute atomic E-state index is 0.0494. The van der Waals surface area contributed by atoms with Crippen molar-refractivity contribution < 1.29 is 114 Å². The SMILES string of the molecule is CCC(=O)COC.CCC(=O)OCOC.CCOC(=O)COC.CCOCC(=O)CC.CCOCC(=O)OC.CCOCC(=O)OCC.CCOCOC(=O)CC.CCOCOCC.CCOCSCC.CCSCC(=O)OC. The van der Waals surface area contributed by atoms with Crippen LogP contribution in [0.5, 0.6) is 0 Å². The molecule has 24 nitrogen and oxygen atoms in total. The van der Waals surface area contributed by atoms with Crippen LogP contribution in [0.25, 0.3) is 0 Å². The van der Waals surface area contributed by atoms with E-state index < -0.39 is 0 Å². The number of thioether (sulfide) groups is 2. The van der Waals surface area contributed by atoms with Gasteiger partial charge in [0.05, 0.1) is 39.1 Å². The lowest BCUT2D eigenvalue weighted by Gasteiger charge is -2.00. The van der Waals surface area contributed by atoms with E-state index in [1.165, 1.54) is 35.5 Å². The largest absolute Gasteiger partial charge is 0.468 e. The van der Waals surface area contributed by atoms with Crippen molar-refractivity contribution in [2.45, 2.75) is 130 Å². The molecule has 0 atom stereocenters. The first-order chi connectivity index (χ1) is 37.8. The number of ether oxygens (including phenoxy) is 16. The summed E-state index contributed by atoms with van der Waals surface area (Å²) >= 11 is 3.38. The lowest BCUT2D eigenvalue weighted by atomic mass is 10.3. The van der Waals surface area contributed by atoms with Gasteiger partial charge >= 0.3 is 35.8 Å². The van der Waals surface area contributed by atoms with Gasteiger partial charge in [-0.1, -0.05) is 41.5 Å². The van der Waals surface area contributed by atoms with Gasteiger partial charge < -0.3 is 75.8 Å². The van der Waals surface area contributed by atoms with Gasteiger partial charge in [0.1, 0.15) is 39.8 Å². The predicted molar refractivity (Wildman–Crippen MR) is 308 cm³/mol. The number of hydrogen-bond donors (Lipinski definition) is 0. The van der Waals surface area contributed by atoms with E-state index in [-0.39, 0.29) is 94.0 Å². The number of carbonyl (C=O) groups excluding carboxylic acids is 8. The number of ketones is 2. The Morgan fingerprint density at radius 3 is 0.987 bits per heavy atom. The summed E-state index contributed by atoms with van der Waals surface area (Å²) in [6.07, 6.45) is 1.98. The van der Waals surface area contributed by atoms with Crippen LogP contribution >= 0.6 is 23.5 Å². The maximum atomic E-state index is 10.5. The quantitative estimate of drug-likeness (QED) is 0.0254. The Balaban J connectivity index is -0.0000000838. The topological polar surface area (TPSA) is 284 Å². The highest BCUT2D eigenvalue weighted by molar-refractivity contribution is 7.99. The molecule has 0 aromatic rings. The first-order valence-electron chi connectivity index (χ1n) is 26.3. The number of Topliss-reactive ketones (excluding diaryl/α,β-unsaturated/α-hetero) is 2. The Kier molecular flexibility index (Phi) is 123. The summed E-state index contributed by atoms with van der Waals surface area (Å²) in [7, 11) is 7.19. The molecule has 0 bridgehead atoms. The molecule has 0 aliphatic carbocycles. The zero-order valence-electron chi connectivity index (χ0n) is 52.3. The average Bonchev–Trinajstić information content (AvgIpc) is 3.46. The predicted octanol–water partition coefficient (Wildman–Crippen LogP) is 7.73. The second-order valence-electron chi connectivity index (χ2n) is 12.9. The fraction of sp³-hybridized carbons (Fsp3) is 0.849. The third-order valence-electron chi connectivity index (χ3n) is 6.73. The van der Waals surface area contributed by atoms with Crippen LogP contribution in [0.2, 0.25) is 0 Å². The van der Waals surface area contributed by atoms with E-state index in [1.54, 1.807) is 39.5 Å². The van der Waals surface area contributed by atoms with Crippen molar-refractivity contribution in [3.63, 3.8) is 0 Å². The number of esters is 6. The third kappa shape index (κ3) is 137. The zero-order chi connectivity index (χ0) is 63.0. The molecule has 79 heavy (non-hydrogen) atoms. The summed E-state index contributed by atoms with van der Waals surface area (Å²) in [4.78, 5) is 82.7. The van der Waals surface area contributed by atoms with Gasteiger partial charge in [-0.15, -0.1) is 11.8 Å². The molecule has 0 heterocycles. The Labute approximate surface area is 484 Å². The molecular weight excluding hydrogens is 1080 g/mol. The van der Waals surface area contributed by atoms with Crippen LogP contribution in [0, 0.1) is 0 Å². The Morgan fingerprint density at radius 1 is 0.291 bits per heavy atom. The molecule has 0 fully saturated rings. The fourth-order valence-electron chi connectivity index (χ4n) is 2.75. The smallest absolute Gasteiger partial charge is 0.332 e. The minimum atomic E-state index is -0.327. The van der Waals surface area contributed by atoms with Gasteiger partial charge in [0.25, 0.3) is 0 Å². The third-order valence-corrected chi connectivity index (χ3v) is 8.32. The summed E-state index contributed by atoms with van der Waals surface area (Å²) in [6.45, 7) is 34.9. The fourth-order valence-corrected chi connectivity index (χ4v) is 3.69. The molecule has 0 unspecified atom stereocenters. The molecule has 0 aromatic heterocycles. The maximum absolute atomic E-state index is 10.5. The molecule has 0 aliphatic heterocycles. The highest BCUT2D eigenvalue weighted by Gasteiger charge is 2.00. The normalized spacial score (nSPS) is 9.01.